The van der Waals surface area contributed by atoms with Crippen LogP contribution in [0, 0.1) is 5.82 Å². The average Bonchev–Trinajstić information content (AvgIpc) is 2.33. The quantitative estimate of drug-likeness (QED) is 0.825. The molecular weight excluding hydrogens is 267 g/mol. The Balaban J connectivity index is 2.24. The van der Waals surface area contributed by atoms with Gasteiger partial charge >= 0.3 is 0 Å². The number of rotatable bonds is 4. The van der Waals surface area contributed by atoms with Crippen molar-refractivity contribution < 1.29 is 9.13 Å². The summed E-state index contributed by atoms with van der Waals surface area (Å²) in [5.74, 6) is 0.194. The lowest BCUT2D eigenvalue weighted by Crippen LogP contribution is -1.97. The first-order chi connectivity index (χ1) is 9.08. The molecule has 2 aromatic carbocycles. The van der Waals surface area contributed by atoms with E-state index in [1.807, 2.05) is 6.92 Å². The number of nitrogen functional groups attached to an aromatic ring is 1. The van der Waals surface area contributed by atoms with Crippen LogP contribution in [0.1, 0.15) is 6.92 Å². The molecule has 3 nitrogen and oxygen atoms in total. The summed E-state index contributed by atoms with van der Waals surface area (Å²) in [5.41, 5.74) is 7.67. The highest BCUT2D eigenvalue weighted by molar-refractivity contribution is 6.30. The van der Waals surface area contributed by atoms with Gasteiger partial charge in [-0.15, -0.1) is 0 Å². The molecule has 0 spiro atoms. The topological polar surface area (TPSA) is 47.3 Å². The zero-order chi connectivity index (χ0) is 13.8. The highest BCUT2D eigenvalue weighted by atomic mass is 35.5. The van der Waals surface area contributed by atoms with E-state index in [0.717, 1.165) is 5.69 Å². The van der Waals surface area contributed by atoms with Crippen molar-refractivity contribution in [1.29, 1.82) is 0 Å². The van der Waals surface area contributed by atoms with Crippen molar-refractivity contribution in [3.05, 3.63) is 47.2 Å². The number of ether oxygens (including phenoxy) is 1. The summed E-state index contributed by atoms with van der Waals surface area (Å²) in [6.07, 6.45) is 0. The number of nitrogens with two attached hydrogens (primary N) is 1. The average molecular weight is 281 g/mol. The van der Waals surface area contributed by atoms with Crippen LogP contribution in [0.25, 0.3) is 0 Å². The molecule has 2 aromatic rings. The zero-order valence-corrected chi connectivity index (χ0v) is 11.2. The van der Waals surface area contributed by atoms with E-state index >= 15 is 0 Å². The van der Waals surface area contributed by atoms with E-state index in [-0.39, 0.29) is 5.02 Å². The molecule has 0 aliphatic rings. The number of halogens is 2. The van der Waals surface area contributed by atoms with E-state index in [2.05, 4.69) is 5.32 Å². The maximum Gasteiger partial charge on any atom is 0.143 e. The molecule has 3 N–H and O–H groups in total. The lowest BCUT2D eigenvalue weighted by molar-refractivity contribution is 0.340. The van der Waals surface area contributed by atoms with Crippen LogP contribution in [0.4, 0.5) is 21.5 Å². The van der Waals surface area contributed by atoms with Crippen LogP contribution in [0.2, 0.25) is 5.02 Å². The smallest absolute Gasteiger partial charge is 0.143 e. The molecule has 0 radical (unpaired) electrons. The summed E-state index contributed by atoms with van der Waals surface area (Å²) in [5, 5.41) is 3.14. The maximum atomic E-state index is 13.3. The van der Waals surface area contributed by atoms with Gasteiger partial charge in [-0.3, -0.25) is 0 Å². The predicted octanol–water partition coefficient (Wildman–Crippen LogP) is 4.20. The van der Waals surface area contributed by atoms with E-state index in [1.165, 1.54) is 12.1 Å². The van der Waals surface area contributed by atoms with Gasteiger partial charge in [0.05, 0.1) is 11.6 Å². The Bertz CT molecular complexity index is 590. The summed E-state index contributed by atoms with van der Waals surface area (Å²) in [7, 11) is 0. The van der Waals surface area contributed by atoms with Crippen LogP contribution in [-0.2, 0) is 0 Å². The maximum absolute atomic E-state index is 13.3. The third-order valence-electron chi connectivity index (χ3n) is 2.45. The van der Waals surface area contributed by atoms with Crippen molar-refractivity contribution in [3.8, 4) is 5.75 Å². The van der Waals surface area contributed by atoms with Crippen molar-refractivity contribution in [1.82, 2.24) is 0 Å². The van der Waals surface area contributed by atoms with Gasteiger partial charge in [0.1, 0.15) is 11.6 Å². The molecule has 19 heavy (non-hydrogen) atoms. The molecule has 0 aromatic heterocycles. The lowest BCUT2D eigenvalue weighted by atomic mass is 10.2. The summed E-state index contributed by atoms with van der Waals surface area (Å²) in [4.78, 5) is 0. The summed E-state index contributed by atoms with van der Waals surface area (Å²) in [6, 6.07) is 9.79. The second-order valence-electron chi connectivity index (χ2n) is 3.98. The van der Waals surface area contributed by atoms with Crippen molar-refractivity contribution >= 4 is 28.7 Å². The molecule has 0 fully saturated rings. The van der Waals surface area contributed by atoms with Gasteiger partial charge in [-0.05, 0) is 31.2 Å². The monoisotopic (exact) mass is 280 g/mol. The van der Waals surface area contributed by atoms with E-state index in [1.54, 1.807) is 24.3 Å². The second kappa shape index (κ2) is 5.80. The Morgan fingerprint density at radius 1 is 1.21 bits per heavy atom. The van der Waals surface area contributed by atoms with E-state index in [9.17, 15) is 4.39 Å². The lowest BCUT2D eigenvalue weighted by Gasteiger charge is -2.10. The Morgan fingerprint density at radius 2 is 2.00 bits per heavy atom. The van der Waals surface area contributed by atoms with Gasteiger partial charge in [-0.2, -0.15) is 0 Å². The van der Waals surface area contributed by atoms with Gasteiger partial charge in [0, 0.05) is 29.2 Å². The minimum absolute atomic E-state index is 0.0909. The first-order valence-corrected chi connectivity index (χ1v) is 6.21. The van der Waals surface area contributed by atoms with Crippen LogP contribution in [0.3, 0.4) is 0 Å². The van der Waals surface area contributed by atoms with Gasteiger partial charge in [-0.1, -0.05) is 11.6 Å². The fourth-order valence-corrected chi connectivity index (χ4v) is 1.80. The standard InChI is InChI=1S/C14H14ClFN2O/c1-2-19-12-6-9(17)5-11(7-12)18-10-3-4-13(15)14(16)8-10/h3-8,18H,2,17H2,1H3. The minimum Gasteiger partial charge on any atom is -0.494 e. The fourth-order valence-electron chi connectivity index (χ4n) is 1.68. The molecule has 0 unspecified atom stereocenters. The third-order valence-corrected chi connectivity index (χ3v) is 2.75. The Hall–Kier alpha value is -1.94. The minimum atomic E-state index is -0.472. The molecule has 0 heterocycles. The van der Waals surface area contributed by atoms with Crippen molar-refractivity contribution in [2.75, 3.05) is 17.7 Å². The molecular formula is C14H14ClFN2O. The van der Waals surface area contributed by atoms with Crippen molar-refractivity contribution in [2.45, 2.75) is 6.92 Å². The summed E-state index contributed by atoms with van der Waals surface area (Å²) in [6.45, 7) is 2.45. The summed E-state index contributed by atoms with van der Waals surface area (Å²) >= 11 is 5.63. The van der Waals surface area contributed by atoms with Gasteiger partial charge in [0.25, 0.3) is 0 Å². The second-order valence-corrected chi connectivity index (χ2v) is 4.38. The van der Waals surface area contributed by atoms with Gasteiger partial charge in [0.2, 0.25) is 0 Å². The third kappa shape index (κ3) is 3.51. The molecule has 0 atom stereocenters. The molecule has 0 amide bonds. The van der Waals surface area contributed by atoms with Crippen LogP contribution in [0.15, 0.2) is 36.4 Å². The van der Waals surface area contributed by atoms with Crippen LogP contribution < -0.4 is 15.8 Å². The normalized spacial score (nSPS) is 10.3. The van der Waals surface area contributed by atoms with E-state index < -0.39 is 5.82 Å². The molecule has 0 saturated carbocycles. The molecule has 0 aliphatic carbocycles. The number of nitrogens with one attached hydrogen (secondary N) is 1. The highest BCUT2D eigenvalue weighted by Crippen LogP contribution is 2.27. The van der Waals surface area contributed by atoms with Crippen molar-refractivity contribution in [3.63, 3.8) is 0 Å². The van der Waals surface area contributed by atoms with E-state index in [4.69, 9.17) is 22.1 Å². The number of hydrogen-bond donors (Lipinski definition) is 2. The SMILES string of the molecule is CCOc1cc(N)cc(Nc2ccc(Cl)c(F)c2)c1. The largest absolute Gasteiger partial charge is 0.494 e. The Morgan fingerprint density at radius 3 is 2.68 bits per heavy atom. The van der Waals surface area contributed by atoms with Gasteiger partial charge in [-0.25, -0.2) is 4.39 Å². The van der Waals surface area contributed by atoms with E-state index in [0.29, 0.717) is 23.7 Å². The number of anilines is 3. The van der Waals surface area contributed by atoms with Crippen molar-refractivity contribution in [2.24, 2.45) is 0 Å². The first-order valence-electron chi connectivity index (χ1n) is 5.84. The zero-order valence-electron chi connectivity index (χ0n) is 10.4. The molecule has 0 saturated heterocycles. The highest BCUT2D eigenvalue weighted by Gasteiger charge is 2.03. The van der Waals surface area contributed by atoms with Crippen LogP contribution >= 0.6 is 11.6 Å². The molecule has 5 heteroatoms. The predicted molar refractivity (Wildman–Crippen MR) is 76.7 cm³/mol. The number of hydrogen-bond acceptors (Lipinski definition) is 3. The van der Waals surface area contributed by atoms with Crippen LogP contribution in [-0.4, -0.2) is 6.61 Å². The first kappa shape index (κ1) is 13.5. The molecule has 0 bridgehead atoms. The Labute approximate surface area is 116 Å². The summed E-state index contributed by atoms with van der Waals surface area (Å²) < 4.78 is 18.7. The fraction of sp³-hybridized carbons (Fsp3) is 0.143. The van der Waals surface area contributed by atoms with Crippen LogP contribution in [0.5, 0.6) is 5.75 Å². The molecule has 0 aliphatic heterocycles. The molecule has 100 valence electrons. The number of benzene rings is 2. The van der Waals surface area contributed by atoms with Gasteiger partial charge < -0.3 is 15.8 Å². The molecule has 2 rings (SSSR count). The Kier molecular flexibility index (Phi) is 4.12. The van der Waals surface area contributed by atoms with Gasteiger partial charge in [0.15, 0.2) is 0 Å².